The first-order valence-corrected chi connectivity index (χ1v) is 5.60. The van der Waals surface area contributed by atoms with E-state index in [-0.39, 0.29) is 6.10 Å². The maximum Gasteiger partial charge on any atom is 0.161 e. The first kappa shape index (κ1) is 10.5. The van der Waals surface area contributed by atoms with E-state index >= 15 is 0 Å². The van der Waals surface area contributed by atoms with Crippen LogP contribution in [0.5, 0.6) is 0 Å². The summed E-state index contributed by atoms with van der Waals surface area (Å²) in [7, 11) is 0. The van der Waals surface area contributed by atoms with E-state index in [1.54, 1.807) is 0 Å². The topological polar surface area (TPSA) is 36.3 Å². The minimum atomic E-state index is -0.303. The van der Waals surface area contributed by atoms with E-state index in [1.807, 2.05) is 24.3 Å². The van der Waals surface area contributed by atoms with Crippen LogP contribution in [0.2, 0.25) is 0 Å². The average molecular weight is 267 g/mol. The van der Waals surface area contributed by atoms with E-state index in [0.717, 1.165) is 16.7 Å². The molecule has 4 heteroatoms. The molecule has 1 aromatic carbocycles. The van der Waals surface area contributed by atoms with Gasteiger partial charge in [0.05, 0.1) is 19.2 Å². The molecule has 0 aromatic heterocycles. The molecule has 78 valence electrons. The molecule has 3 nitrogen and oxygen atoms in total. The quantitative estimate of drug-likeness (QED) is 0.782. The Labute approximate surface area is 97.4 Å². The van der Waals surface area contributed by atoms with Crippen molar-refractivity contribution in [2.24, 2.45) is 0 Å². The monoisotopic (exact) mass is 266 g/mol. The average Bonchev–Trinajstić information content (AvgIpc) is 2.30. The highest BCUT2D eigenvalue weighted by atomic mass is 79.9. The molecule has 15 heavy (non-hydrogen) atoms. The summed E-state index contributed by atoms with van der Waals surface area (Å²) >= 11 is 3.40. The van der Waals surface area contributed by atoms with E-state index in [0.29, 0.717) is 13.2 Å². The van der Waals surface area contributed by atoms with E-state index in [1.165, 1.54) is 0 Å². The Balaban J connectivity index is 2.10. The number of halogens is 1. The van der Waals surface area contributed by atoms with Crippen LogP contribution in [-0.4, -0.2) is 25.8 Å². The van der Waals surface area contributed by atoms with Crippen molar-refractivity contribution in [1.29, 1.82) is 5.26 Å². The highest BCUT2D eigenvalue weighted by Crippen LogP contribution is 2.20. The molecule has 1 aliphatic rings. The van der Waals surface area contributed by atoms with E-state index in [9.17, 15) is 0 Å². The van der Waals surface area contributed by atoms with Crippen LogP contribution in [0.3, 0.4) is 0 Å². The van der Waals surface area contributed by atoms with Crippen LogP contribution in [0.1, 0.15) is 0 Å². The Kier molecular flexibility index (Phi) is 3.24. The summed E-state index contributed by atoms with van der Waals surface area (Å²) in [5, 5.41) is 8.79. The highest BCUT2D eigenvalue weighted by molar-refractivity contribution is 9.10. The van der Waals surface area contributed by atoms with Gasteiger partial charge < -0.3 is 9.64 Å². The van der Waals surface area contributed by atoms with Gasteiger partial charge in [0.25, 0.3) is 0 Å². The molecule has 1 heterocycles. The lowest BCUT2D eigenvalue weighted by molar-refractivity contribution is 0.0764. The molecule has 1 unspecified atom stereocenters. The summed E-state index contributed by atoms with van der Waals surface area (Å²) in [5.74, 6) is 0. The van der Waals surface area contributed by atoms with E-state index in [2.05, 4.69) is 26.9 Å². The number of benzene rings is 1. The standard InChI is InChI=1S/C11H11BrN2O/c12-9-1-3-10(4-2-9)14-5-6-15-11(7-13)8-14/h1-4,11H,5-6,8H2. The van der Waals surface area contributed by atoms with Gasteiger partial charge in [-0.2, -0.15) is 5.26 Å². The molecule has 0 bridgehead atoms. The van der Waals surface area contributed by atoms with Gasteiger partial charge in [-0.3, -0.25) is 0 Å². The number of rotatable bonds is 1. The normalized spacial score (nSPS) is 21.1. The van der Waals surface area contributed by atoms with Crippen molar-refractivity contribution in [2.75, 3.05) is 24.6 Å². The molecule has 1 fully saturated rings. The third-order valence-corrected chi connectivity index (χ3v) is 2.93. The maximum atomic E-state index is 8.79. The lowest BCUT2D eigenvalue weighted by Gasteiger charge is -2.31. The molecule has 2 rings (SSSR count). The summed E-state index contributed by atoms with van der Waals surface area (Å²) in [5.41, 5.74) is 1.14. The lowest BCUT2D eigenvalue weighted by atomic mass is 10.2. The van der Waals surface area contributed by atoms with Crippen LogP contribution in [0.25, 0.3) is 0 Å². The largest absolute Gasteiger partial charge is 0.366 e. The van der Waals surface area contributed by atoms with Crippen LogP contribution in [0.15, 0.2) is 28.7 Å². The Hall–Kier alpha value is -1.05. The number of anilines is 1. The Morgan fingerprint density at radius 3 is 2.80 bits per heavy atom. The minimum Gasteiger partial charge on any atom is -0.366 e. The molecular weight excluding hydrogens is 256 g/mol. The number of nitriles is 1. The predicted octanol–water partition coefficient (Wildman–Crippen LogP) is 2.18. The Morgan fingerprint density at radius 1 is 1.40 bits per heavy atom. The lowest BCUT2D eigenvalue weighted by Crippen LogP contribution is -2.41. The fourth-order valence-electron chi connectivity index (χ4n) is 1.61. The molecule has 1 saturated heterocycles. The second kappa shape index (κ2) is 4.65. The molecule has 1 aliphatic heterocycles. The van der Waals surface area contributed by atoms with E-state index < -0.39 is 0 Å². The van der Waals surface area contributed by atoms with Crippen molar-refractivity contribution in [3.63, 3.8) is 0 Å². The van der Waals surface area contributed by atoms with Gasteiger partial charge in [-0.05, 0) is 24.3 Å². The van der Waals surface area contributed by atoms with Gasteiger partial charge in [0, 0.05) is 16.7 Å². The van der Waals surface area contributed by atoms with Crippen molar-refractivity contribution < 1.29 is 4.74 Å². The molecule has 0 amide bonds. The zero-order chi connectivity index (χ0) is 10.7. The van der Waals surface area contributed by atoms with Crippen LogP contribution in [0, 0.1) is 11.3 Å². The fourth-order valence-corrected chi connectivity index (χ4v) is 1.88. The van der Waals surface area contributed by atoms with Gasteiger partial charge in [0.2, 0.25) is 0 Å². The third kappa shape index (κ3) is 2.49. The predicted molar refractivity (Wildman–Crippen MR) is 61.7 cm³/mol. The van der Waals surface area contributed by atoms with Crippen LogP contribution in [0.4, 0.5) is 5.69 Å². The number of ether oxygens (including phenoxy) is 1. The summed E-state index contributed by atoms with van der Waals surface area (Å²) in [6.07, 6.45) is -0.303. The Morgan fingerprint density at radius 2 is 2.13 bits per heavy atom. The van der Waals surface area contributed by atoms with Gasteiger partial charge in [0.1, 0.15) is 0 Å². The number of hydrogen-bond acceptors (Lipinski definition) is 3. The zero-order valence-electron chi connectivity index (χ0n) is 8.19. The summed E-state index contributed by atoms with van der Waals surface area (Å²) in [4.78, 5) is 2.17. The second-order valence-electron chi connectivity index (χ2n) is 3.41. The Bertz CT molecular complexity index is 371. The molecule has 0 N–H and O–H groups in total. The van der Waals surface area contributed by atoms with Crippen molar-refractivity contribution in [1.82, 2.24) is 0 Å². The molecule has 1 aromatic rings. The zero-order valence-corrected chi connectivity index (χ0v) is 9.77. The number of morpholine rings is 1. The highest BCUT2D eigenvalue weighted by Gasteiger charge is 2.19. The van der Waals surface area contributed by atoms with Crippen LogP contribution >= 0.6 is 15.9 Å². The third-order valence-electron chi connectivity index (χ3n) is 2.40. The minimum absolute atomic E-state index is 0.303. The summed E-state index contributed by atoms with van der Waals surface area (Å²) in [6.45, 7) is 2.12. The maximum absolute atomic E-state index is 8.79. The summed E-state index contributed by atoms with van der Waals surface area (Å²) < 4.78 is 6.36. The van der Waals surface area contributed by atoms with Crippen LogP contribution < -0.4 is 4.90 Å². The fraction of sp³-hybridized carbons (Fsp3) is 0.364. The smallest absolute Gasteiger partial charge is 0.161 e. The van der Waals surface area contributed by atoms with Gasteiger partial charge >= 0.3 is 0 Å². The van der Waals surface area contributed by atoms with Gasteiger partial charge in [0.15, 0.2) is 6.10 Å². The number of hydrogen-bond donors (Lipinski definition) is 0. The van der Waals surface area contributed by atoms with Gasteiger partial charge in [-0.1, -0.05) is 15.9 Å². The van der Waals surface area contributed by atoms with Gasteiger partial charge in [-0.25, -0.2) is 0 Å². The number of nitrogens with zero attached hydrogens (tertiary/aromatic N) is 2. The van der Waals surface area contributed by atoms with E-state index in [4.69, 9.17) is 10.00 Å². The van der Waals surface area contributed by atoms with Crippen molar-refractivity contribution in [2.45, 2.75) is 6.10 Å². The second-order valence-corrected chi connectivity index (χ2v) is 4.33. The molecule has 0 radical (unpaired) electrons. The SMILES string of the molecule is N#CC1CN(c2ccc(Br)cc2)CCO1. The molecule has 0 aliphatic carbocycles. The van der Waals surface area contributed by atoms with Crippen LogP contribution in [-0.2, 0) is 4.74 Å². The van der Waals surface area contributed by atoms with Gasteiger partial charge in [-0.15, -0.1) is 0 Å². The van der Waals surface area contributed by atoms with Crippen molar-refractivity contribution in [3.8, 4) is 6.07 Å². The summed E-state index contributed by atoms with van der Waals surface area (Å²) in [6, 6.07) is 10.2. The van der Waals surface area contributed by atoms with Crippen molar-refractivity contribution in [3.05, 3.63) is 28.7 Å². The molecule has 1 atom stereocenters. The molecule has 0 saturated carbocycles. The molecular formula is C11H11BrN2O. The van der Waals surface area contributed by atoms with Crippen molar-refractivity contribution >= 4 is 21.6 Å². The molecule has 0 spiro atoms. The first-order chi connectivity index (χ1) is 7.29. The first-order valence-electron chi connectivity index (χ1n) is 4.81.